The molecule has 0 fully saturated rings. The molecule has 2 nitrogen and oxygen atoms in total. The first-order valence-corrected chi connectivity index (χ1v) is 6.10. The minimum absolute atomic E-state index is 0.537. The van der Waals surface area contributed by atoms with Crippen LogP contribution in [0.25, 0.3) is 10.8 Å². The number of hydrogen-bond acceptors (Lipinski definition) is 2. The Bertz CT molecular complexity index is 515. The first-order chi connectivity index (χ1) is 8.09. The SMILES string of the molecule is CC(C)c1ccc(CN(C)C)c2ccncc12. The molecule has 90 valence electrons. The Morgan fingerprint density at radius 3 is 2.53 bits per heavy atom. The molecule has 0 unspecified atom stereocenters. The van der Waals surface area contributed by atoms with Gasteiger partial charge in [-0.05, 0) is 42.6 Å². The minimum Gasteiger partial charge on any atom is -0.305 e. The summed E-state index contributed by atoms with van der Waals surface area (Å²) in [6.45, 7) is 5.43. The summed E-state index contributed by atoms with van der Waals surface area (Å²) < 4.78 is 0. The van der Waals surface area contributed by atoms with Crippen molar-refractivity contribution < 1.29 is 0 Å². The highest BCUT2D eigenvalue weighted by atomic mass is 15.0. The summed E-state index contributed by atoms with van der Waals surface area (Å²) in [7, 11) is 4.20. The van der Waals surface area contributed by atoms with Gasteiger partial charge < -0.3 is 4.90 Å². The van der Waals surface area contributed by atoms with Crippen molar-refractivity contribution in [3.8, 4) is 0 Å². The Morgan fingerprint density at radius 1 is 1.12 bits per heavy atom. The molecule has 0 N–H and O–H groups in total. The fourth-order valence-corrected chi connectivity index (χ4v) is 2.26. The van der Waals surface area contributed by atoms with Crippen LogP contribution in [-0.4, -0.2) is 24.0 Å². The van der Waals surface area contributed by atoms with Gasteiger partial charge in [0.15, 0.2) is 0 Å². The summed E-state index contributed by atoms with van der Waals surface area (Å²) in [4.78, 5) is 6.46. The van der Waals surface area contributed by atoms with Gasteiger partial charge in [0.2, 0.25) is 0 Å². The van der Waals surface area contributed by atoms with E-state index in [1.807, 2.05) is 12.4 Å². The van der Waals surface area contributed by atoms with Crippen LogP contribution < -0.4 is 0 Å². The number of aromatic nitrogens is 1. The van der Waals surface area contributed by atoms with E-state index in [1.165, 1.54) is 21.9 Å². The van der Waals surface area contributed by atoms with E-state index in [0.717, 1.165) is 6.54 Å². The Labute approximate surface area is 103 Å². The molecule has 0 aliphatic rings. The molecule has 0 amide bonds. The van der Waals surface area contributed by atoms with Crippen molar-refractivity contribution in [3.63, 3.8) is 0 Å². The van der Waals surface area contributed by atoms with Gasteiger partial charge in [0.25, 0.3) is 0 Å². The van der Waals surface area contributed by atoms with Crippen LogP contribution in [0, 0.1) is 0 Å². The van der Waals surface area contributed by atoms with Gasteiger partial charge in [-0.1, -0.05) is 26.0 Å². The van der Waals surface area contributed by atoms with Gasteiger partial charge in [-0.2, -0.15) is 0 Å². The number of benzene rings is 1. The number of hydrogen-bond donors (Lipinski definition) is 0. The van der Waals surface area contributed by atoms with Gasteiger partial charge in [-0.3, -0.25) is 4.98 Å². The van der Waals surface area contributed by atoms with E-state index >= 15 is 0 Å². The summed E-state index contributed by atoms with van der Waals surface area (Å²) in [6, 6.07) is 6.62. The Balaban J connectivity index is 2.62. The van der Waals surface area contributed by atoms with Crippen LogP contribution in [0.2, 0.25) is 0 Å². The zero-order valence-electron chi connectivity index (χ0n) is 11.1. The molecule has 1 heterocycles. The van der Waals surface area contributed by atoms with E-state index in [-0.39, 0.29) is 0 Å². The van der Waals surface area contributed by atoms with Gasteiger partial charge in [-0.25, -0.2) is 0 Å². The maximum Gasteiger partial charge on any atom is 0.0349 e. The second kappa shape index (κ2) is 4.84. The average Bonchev–Trinajstić information content (AvgIpc) is 2.28. The van der Waals surface area contributed by atoms with E-state index in [0.29, 0.717) is 5.92 Å². The summed E-state index contributed by atoms with van der Waals surface area (Å²) in [6.07, 6.45) is 3.87. The quantitative estimate of drug-likeness (QED) is 0.800. The van der Waals surface area contributed by atoms with Crippen LogP contribution >= 0.6 is 0 Å². The van der Waals surface area contributed by atoms with Crippen LogP contribution in [0.3, 0.4) is 0 Å². The third kappa shape index (κ3) is 2.47. The molecule has 0 spiro atoms. The zero-order chi connectivity index (χ0) is 12.4. The first-order valence-electron chi connectivity index (χ1n) is 6.10. The molecule has 2 heteroatoms. The standard InChI is InChI=1S/C15H20N2/c1-11(2)13-6-5-12(10-17(3)4)14-7-8-16-9-15(13)14/h5-9,11H,10H2,1-4H3. The Hall–Kier alpha value is -1.41. The second-order valence-electron chi connectivity index (χ2n) is 5.13. The lowest BCUT2D eigenvalue weighted by atomic mass is 9.94. The van der Waals surface area contributed by atoms with Crippen LogP contribution in [-0.2, 0) is 6.54 Å². The number of pyridine rings is 1. The molecule has 1 aromatic heterocycles. The first kappa shape index (κ1) is 12.1. The maximum absolute atomic E-state index is 4.26. The predicted octanol–water partition coefficient (Wildman–Crippen LogP) is 3.42. The van der Waals surface area contributed by atoms with Crippen molar-refractivity contribution in [1.29, 1.82) is 0 Å². The highest BCUT2D eigenvalue weighted by Crippen LogP contribution is 2.27. The molecule has 0 saturated heterocycles. The molecule has 0 atom stereocenters. The lowest BCUT2D eigenvalue weighted by Gasteiger charge is -2.16. The predicted molar refractivity (Wildman–Crippen MR) is 73.2 cm³/mol. The average molecular weight is 228 g/mol. The number of fused-ring (bicyclic) bond motifs is 1. The van der Waals surface area contributed by atoms with E-state index in [2.05, 4.69) is 56.0 Å². The third-order valence-electron chi connectivity index (χ3n) is 3.05. The Morgan fingerprint density at radius 2 is 1.88 bits per heavy atom. The maximum atomic E-state index is 4.26. The molecule has 17 heavy (non-hydrogen) atoms. The number of rotatable bonds is 3. The fourth-order valence-electron chi connectivity index (χ4n) is 2.26. The van der Waals surface area contributed by atoms with E-state index in [4.69, 9.17) is 0 Å². The summed E-state index contributed by atoms with van der Waals surface area (Å²) in [5.41, 5.74) is 2.76. The van der Waals surface area contributed by atoms with Crippen LogP contribution in [0.5, 0.6) is 0 Å². The molecular weight excluding hydrogens is 208 g/mol. The Kier molecular flexibility index (Phi) is 3.43. The lowest BCUT2D eigenvalue weighted by molar-refractivity contribution is 0.404. The monoisotopic (exact) mass is 228 g/mol. The highest BCUT2D eigenvalue weighted by molar-refractivity contribution is 5.88. The van der Waals surface area contributed by atoms with Crippen molar-refractivity contribution in [2.24, 2.45) is 0 Å². The van der Waals surface area contributed by atoms with Gasteiger partial charge >= 0.3 is 0 Å². The van der Waals surface area contributed by atoms with Crippen molar-refractivity contribution in [2.75, 3.05) is 14.1 Å². The molecule has 2 aromatic rings. The van der Waals surface area contributed by atoms with Crippen molar-refractivity contribution in [3.05, 3.63) is 41.7 Å². The van der Waals surface area contributed by atoms with E-state index in [9.17, 15) is 0 Å². The molecule has 2 rings (SSSR count). The van der Waals surface area contributed by atoms with Gasteiger partial charge in [0.05, 0.1) is 0 Å². The molecule has 1 aromatic carbocycles. The molecule has 0 bridgehead atoms. The van der Waals surface area contributed by atoms with Gasteiger partial charge in [-0.15, -0.1) is 0 Å². The fraction of sp³-hybridized carbons (Fsp3) is 0.400. The van der Waals surface area contributed by atoms with Gasteiger partial charge in [0.1, 0.15) is 0 Å². The van der Waals surface area contributed by atoms with Crippen molar-refractivity contribution >= 4 is 10.8 Å². The molecule has 0 aliphatic heterocycles. The summed E-state index contributed by atoms with van der Waals surface area (Å²) in [5, 5.41) is 2.63. The zero-order valence-corrected chi connectivity index (χ0v) is 11.1. The molecule has 0 aliphatic carbocycles. The lowest BCUT2D eigenvalue weighted by Crippen LogP contribution is -2.11. The van der Waals surface area contributed by atoms with E-state index in [1.54, 1.807) is 0 Å². The number of nitrogens with zero attached hydrogens (tertiary/aromatic N) is 2. The topological polar surface area (TPSA) is 16.1 Å². The minimum atomic E-state index is 0.537. The van der Waals surface area contributed by atoms with Crippen molar-refractivity contribution in [2.45, 2.75) is 26.3 Å². The third-order valence-corrected chi connectivity index (χ3v) is 3.05. The summed E-state index contributed by atoms with van der Waals surface area (Å²) in [5.74, 6) is 0.537. The molecule has 0 radical (unpaired) electrons. The summed E-state index contributed by atoms with van der Waals surface area (Å²) >= 11 is 0. The highest BCUT2D eigenvalue weighted by Gasteiger charge is 2.09. The largest absolute Gasteiger partial charge is 0.305 e. The van der Waals surface area contributed by atoms with Crippen LogP contribution in [0.1, 0.15) is 30.9 Å². The van der Waals surface area contributed by atoms with Crippen LogP contribution in [0.4, 0.5) is 0 Å². The van der Waals surface area contributed by atoms with E-state index < -0.39 is 0 Å². The second-order valence-corrected chi connectivity index (χ2v) is 5.13. The van der Waals surface area contributed by atoms with Crippen LogP contribution in [0.15, 0.2) is 30.6 Å². The van der Waals surface area contributed by atoms with Crippen molar-refractivity contribution in [1.82, 2.24) is 9.88 Å². The normalized spacial score (nSPS) is 11.6. The molecule has 0 saturated carbocycles. The van der Waals surface area contributed by atoms with Gasteiger partial charge in [0, 0.05) is 24.3 Å². The molecular formula is C15H20N2. The smallest absolute Gasteiger partial charge is 0.0349 e.